The number of aryl methyl sites for hydroxylation is 1. The molecule has 0 heterocycles. The van der Waals surface area contributed by atoms with Crippen LogP contribution in [0.1, 0.15) is 5.56 Å². The SMILES string of the molecule is [CH2]S(=O)(=O)Nc1ccc(C)cc1. The van der Waals surface area contributed by atoms with Crippen molar-refractivity contribution in [2.24, 2.45) is 0 Å². The first-order chi connectivity index (χ1) is 5.47. The van der Waals surface area contributed by atoms with E-state index >= 15 is 0 Å². The Labute approximate surface area is 72.5 Å². The molecule has 0 aliphatic rings. The lowest BCUT2D eigenvalue weighted by molar-refractivity contribution is 0.609. The molecule has 0 spiro atoms. The maximum atomic E-state index is 10.7. The highest BCUT2D eigenvalue weighted by Crippen LogP contribution is 2.09. The van der Waals surface area contributed by atoms with E-state index in [2.05, 4.69) is 11.0 Å². The van der Waals surface area contributed by atoms with Crippen molar-refractivity contribution in [1.82, 2.24) is 0 Å². The van der Waals surface area contributed by atoms with E-state index in [1.165, 1.54) is 0 Å². The third-order valence-electron chi connectivity index (χ3n) is 1.32. The number of nitrogens with one attached hydrogen (secondary N) is 1. The van der Waals surface area contributed by atoms with Crippen molar-refractivity contribution in [3.63, 3.8) is 0 Å². The Morgan fingerprint density at radius 2 is 1.75 bits per heavy atom. The Balaban J connectivity index is 2.85. The summed E-state index contributed by atoms with van der Waals surface area (Å²) in [5, 5.41) is 0. The summed E-state index contributed by atoms with van der Waals surface area (Å²) in [5.74, 6) is 0. The molecule has 0 amide bonds. The molecular weight excluding hydrogens is 174 g/mol. The lowest BCUT2D eigenvalue weighted by Crippen LogP contribution is -2.06. The molecular formula is C8H10NO2S. The van der Waals surface area contributed by atoms with Crippen molar-refractivity contribution in [2.45, 2.75) is 6.92 Å². The maximum absolute atomic E-state index is 10.7. The van der Waals surface area contributed by atoms with Crippen LogP contribution in [0.5, 0.6) is 0 Å². The molecule has 0 unspecified atom stereocenters. The molecule has 1 N–H and O–H groups in total. The number of hydrogen-bond donors (Lipinski definition) is 1. The number of hydrogen-bond acceptors (Lipinski definition) is 2. The van der Waals surface area contributed by atoms with E-state index in [9.17, 15) is 8.42 Å². The van der Waals surface area contributed by atoms with E-state index < -0.39 is 10.0 Å². The standard InChI is InChI=1S/C8H10NO2S/c1-7-3-5-8(6-4-7)9-12(2,10)11/h3-6,9H,2H2,1H3. The fraction of sp³-hybridized carbons (Fsp3) is 0.125. The summed E-state index contributed by atoms with van der Waals surface area (Å²) >= 11 is 0. The molecule has 1 aromatic carbocycles. The largest absolute Gasteiger partial charge is 0.284 e. The molecule has 0 fully saturated rings. The zero-order chi connectivity index (χ0) is 9.19. The Hall–Kier alpha value is -1.03. The van der Waals surface area contributed by atoms with Crippen LogP contribution in [-0.2, 0) is 10.0 Å². The van der Waals surface area contributed by atoms with Crippen LogP contribution in [0.4, 0.5) is 5.69 Å². The van der Waals surface area contributed by atoms with E-state index in [1.807, 2.05) is 19.1 Å². The molecule has 3 nitrogen and oxygen atoms in total. The molecule has 0 saturated carbocycles. The third-order valence-corrected chi connectivity index (χ3v) is 1.87. The second-order valence-corrected chi connectivity index (χ2v) is 4.02. The predicted octanol–water partition coefficient (Wildman–Crippen LogP) is 1.53. The summed E-state index contributed by atoms with van der Waals surface area (Å²) < 4.78 is 23.6. The molecule has 0 aliphatic carbocycles. The van der Waals surface area contributed by atoms with Gasteiger partial charge in [0.15, 0.2) is 0 Å². The molecule has 4 heteroatoms. The van der Waals surface area contributed by atoms with Gasteiger partial charge in [-0.1, -0.05) is 17.7 Å². The van der Waals surface area contributed by atoms with Gasteiger partial charge in [-0.15, -0.1) is 0 Å². The smallest absolute Gasteiger partial charge is 0.233 e. The summed E-state index contributed by atoms with van der Waals surface area (Å²) in [6.45, 7) is 1.93. The number of sulfonamides is 1. The van der Waals surface area contributed by atoms with Crippen LogP contribution in [0, 0.1) is 13.2 Å². The maximum Gasteiger partial charge on any atom is 0.233 e. The van der Waals surface area contributed by atoms with Gasteiger partial charge in [0.2, 0.25) is 10.0 Å². The van der Waals surface area contributed by atoms with Gasteiger partial charge in [-0.25, -0.2) is 8.42 Å². The Morgan fingerprint density at radius 3 is 2.17 bits per heavy atom. The first kappa shape index (κ1) is 9.06. The van der Waals surface area contributed by atoms with Gasteiger partial charge >= 0.3 is 0 Å². The van der Waals surface area contributed by atoms with Crippen LogP contribution in [-0.4, -0.2) is 8.42 Å². The van der Waals surface area contributed by atoms with Crippen molar-refractivity contribution in [1.29, 1.82) is 0 Å². The van der Waals surface area contributed by atoms with Crippen LogP contribution in [0.15, 0.2) is 24.3 Å². The van der Waals surface area contributed by atoms with Gasteiger partial charge in [-0.3, -0.25) is 4.72 Å². The molecule has 1 aromatic rings. The summed E-state index contributed by atoms with van der Waals surface area (Å²) in [4.78, 5) is 0. The Morgan fingerprint density at radius 1 is 1.25 bits per heavy atom. The van der Waals surface area contributed by atoms with Crippen molar-refractivity contribution in [2.75, 3.05) is 4.72 Å². The lowest BCUT2D eigenvalue weighted by atomic mass is 10.2. The van der Waals surface area contributed by atoms with Crippen molar-refractivity contribution in [3.05, 3.63) is 36.1 Å². The minimum Gasteiger partial charge on any atom is -0.284 e. The summed E-state index contributed by atoms with van der Waals surface area (Å²) in [5.41, 5.74) is 1.62. The van der Waals surface area contributed by atoms with Crippen molar-refractivity contribution >= 4 is 15.7 Å². The van der Waals surface area contributed by atoms with Crippen LogP contribution >= 0.6 is 0 Å². The van der Waals surface area contributed by atoms with Gasteiger partial charge in [0.1, 0.15) is 0 Å². The zero-order valence-corrected chi connectivity index (χ0v) is 7.56. The third kappa shape index (κ3) is 2.92. The van der Waals surface area contributed by atoms with Crippen LogP contribution in [0.25, 0.3) is 0 Å². The molecule has 0 saturated heterocycles. The molecule has 1 rings (SSSR count). The first-order valence-corrected chi connectivity index (χ1v) is 5.05. The van der Waals surface area contributed by atoms with Crippen molar-refractivity contribution < 1.29 is 8.42 Å². The summed E-state index contributed by atoms with van der Waals surface area (Å²) in [7, 11) is -3.39. The van der Waals surface area contributed by atoms with E-state index in [0.29, 0.717) is 5.69 Å². The Bertz CT molecular complexity index is 353. The number of anilines is 1. The minimum absolute atomic E-state index is 0.538. The first-order valence-electron chi connectivity index (χ1n) is 3.40. The van der Waals surface area contributed by atoms with Gasteiger partial charge in [0, 0.05) is 5.69 Å². The number of rotatable bonds is 2. The van der Waals surface area contributed by atoms with Crippen LogP contribution < -0.4 is 4.72 Å². The fourth-order valence-electron chi connectivity index (χ4n) is 0.801. The molecule has 0 aromatic heterocycles. The monoisotopic (exact) mass is 184 g/mol. The van der Waals surface area contributed by atoms with Gasteiger partial charge < -0.3 is 0 Å². The normalized spacial score (nSPS) is 11.2. The number of benzene rings is 1. The summed E-state index contributed by atoms with van der Waals surface area (Å²) in [6, 6.07) is 7.04. The lowest BCUT2D eigenvalue weighted by Gasteiger charge is -2.02. The molecule has 0 bridgehead atoms. The van der Waals surface area contributed by atoms with E-state index in [-0.39, 0.29) is 0 Å². The highest BCUT2D eigenvalue weighted by Gasteiger charge is 1.99. The Kier molecular flexibility index (Phi) is 2.38. The second-order valence-electron chi connectivity index (χ2n) is 2.58. The van der Waals surface area contributed by atoms with Gasteiger partial charge in [0.25, 0.3) is 0 Å². The predicted molar refractivity (Wildman–Crippen MR) is 49.1 cm³/mol. The van der Waals surface area contributed by atoms with Gasteiger partial charge in [-0.2, -0.15) is 0 Å². The second kappa shape index (κ2) is 3.15. The molecule has 0 atom stereocenters. The molecule has 12 heavy (non-hydrogen) atoms. The quantitative estimate of drug-likeness (QED) is 0.757. The highest BCUT2D eigenvalue weighted by atomic mass is 32.2. The van der Waals surface area contributed by atoms with Crippen LogP contribution in [0.2, 0.25) is 0 Å². The highest BCUT2D eigenvalue weighted by molar-refractivity contribution is 7.93. The average molecular weight is 184 g/mol. The molecule has 1 radical (unpaired) electrons. The van der Waals surface area contributed by atoms with Gasteiger partial charge in [0.05, 0.1) is 6.26 Å². The van der Waals surface area contributed by atoms with Crippen molar-refractivity contribution in [3.8, 4) is 0 Å². The van der Waals surface area contributed by atoms with E-state index in [4.69, 9.17) is 0 Å². The topological polar surface area (TPSA) is 46.2 Å². The summed E-state index contributed by atoms with van der Waals surface area (Å²) in [6.07, 6.45) is 2.95. The minimum atomic E-state index is -3.39. The van der Waals surface area contributed by atoms with Crippen LogP contribution in [0.3, 0.4) is 0 Å². The fourth-order valence-corrected chi connectivity index (χ4v) is 1.30. The van der Waals surface area contributed by atoms with E-state index in [1.54, 1.807) is 12.1 Å². The average Bonchev–Trinajstić information content (AvgIpc) is 1.91. The van der Waals surface area contributed by atoms with E-state index in [0.717, 1.165) is 5.56 Å². The molecule has 65 valence electrons. The molecule has 0 aliphatic heterocycles. The zero-order valence-electron chi connectivity index (χ0n) is 6.74. The van der Waals surface area contributed by atoms with Gasteiger partial charge in [-0.05, 0) is 19.1 Å².